The molecule has 4 N–H and O–H groups in total. The second-order valence-corrected chi connectivity index (χ2v) is 5.79. The highest BCUT2D eigenvalue weighted by Gasteiger charge is 2.34. The van der Waals surface area contributed by atoms with Crippen LogP contribution in [0.2, 0.25) is 0 Å². The molecule has 0 saturated heterocycles. The van der Waals surface area contributed by atoms with Crippen molar-refractivity contribution in [1.29, 1.82) is 0 Å². The SMILES string of the molecule is CC(C)C[C@H](CN)CC(=O)NCC1(O)CCC1. The molecule has 0 aromatic heterocycles. The second-order valence-electron chi connectivity index (χ2n) is 5.79. The van der Waals surface area contributed by atoms with Crippen molar-refractivity contribution in [2.45, 2.75) is 51.6 Å². The van der Waals surface area contributed by atoms with Gasteiger partial charge in [0.2, 0.25) is 5.91 Å². The summed E-state index contributed by atoms with van der Waals surface area (Å²) < 4.78 is 0. The number of hydrogen-bond donors (Lipinski definition) is 3. The van der Waals surface area contributed by atoms with Gasteiger partial charge in [0, 0.05) is 13.0 Å². The lowest BCUT2D eigenvalue weighted by atomic mass is 9.80. The van der Waals surface area contributed by atoms with E-state index in [2.05, 4.69) is 19.2 Å². The van der Waals surface area contributed by atoms with E-state index in [4.69, 9.17) is 5.73 Å². The molecule has 1 amide bonds. The summed E-state index contributed by atoms with van der Waals surface area (Å²) in [6.07, 6.45) is 4.13. The van der Waals surface area contributed by atoms with Crippen LogP contribution in [-0.4, -0.2) is 29.7 Å². The smallest absolute Gasteiger partial charge is 0.220 e. The molecule has 0 radical (unpaired) electrons. The van der Waals surface area contributed by atoms with E-state index >= 15 is 0 Å². The standard InChI is InChI=1S/C13H26N2O2/c1-10(2)6-11(8-14)7-12(16)15-9-13(17)4-3-5-13/h10-11,17H,3-9,14H2,1-2H3,(H,15,16)/t11-/m0/s1. The van der Waals surface area contributed by atoms with Crippen LogP contribution in [0.25, 0.3) is 0 Å². The first-order valence-electron chi connectivity index (χ1n) is 6.64. The average molecular weight is 242 g/mol. The number of nitrogens with one attached hydrogen (secondary N) is 1. The molecule has 1 fully saturated rings. The van der Waals surface area contributed by atoms with Gasteiger partial charge in [-0.25, -0.2) is 0 Å². The first kappa shape index (κ1) is 14.5. The van der Waals surface area contributed by atoms with Crippen molar-refractivity contribution in [1.82, 2.24) is 5.32 Å². The Morgan fingerprint density at radius 3 is 2.53 bits per heavy atom. The van der Waals surface area contributed by atoms with Crippen molar-refractivity contribution in [3.63, 3.8) is 0 Å². The molecule has 1 saturated carbocycles. The van der Waals surface area contributed by atoms with Crippen LogP contribution in [0.4, 0.5) is 0 Å². The third-order valence-corrected chi connectivity index (χ3v) is 3.51. The van der Waals surface area contributed by atoms with Gasteiger partial charge in [0.05, 0.1) is 5.60 Å². The van der Waals surface area contributed by atoms with Crippen molar-refractivity contribution in [2.75, 3.05) is 13.1 Å². The lowest BCUT2D eigenvalue weighted by Crippen LogP contribution is -2.48. The van der Waals surface area contributed by atoms with Crippen LogP contribution in [0.1, 0.15) is 46.0 Å². The van der Waals surface area contributed by atoms with Crippen molar-refractivity contribution >= 4 is 5.91 Å². The van der Waals surface area contributed by atoms with Crippen molar-refractivity contribution in [2.24, 2.45) is 17.6 Å². The number of aliphatic hydroxyl groups is 1. The fourth-order valence-electron chi connectivity index (χ4n) is 2.29. The van der Waals surface area contributed by atoms with Crippen molar-refractivity contribution in [3.8, 4) is 0 Å². The lowest BCUT2D eigenvalue weighted by molar-refractivity contribution is -0.124. The summed E-state index contributed by atoms with van der Waals surface area (Å²) in [4.78, 5) is 11.7. The maximum atomic E-state index is 11.7. The summed E-state index contributed by atoms with van der Waals surface area (Å²) in [6.45, 7) is 5.22. The Bertz CT molecular complexity index is 250. The van der Waals surface area contributed by atoms with Crippen molar-refractivity contribution < 1.29 is 9.90 Å². The Morgan fingerprint density at radius 2 is 2.12 bits per heavy atom. The third kappa shape index (κ3) is 5.04. The summed E-state index contributed by atoms with van der Waals surface area (Å²) in [5.74, 6) is 0.833. The number of nitrogens with two attached hydrogens (primary N) is 1. The molecule has 1 atom stereocenters. The third-order valence-electron chi connectivity index (χ3n) is 3.51. The molecular weight excluding hydrogens is 216 g/mol. The molecule has 0 bridgehead atoms. The van der Waals surface area contributed by atoms with Gasteiger partial charge in [-0.3, -0.25) is 4.79 Å². The average Bonchev–Trinajstić information content (AvgIpc) is 2.22. The monoisotopic (exact) mass is 242 g/mol. The summed E-state index contributed by atoms with van der Waals surface area (Å²) in [6, 6.07) is 0. The second kappa shape index (κ2) is 6.36. The van der Waals surface area contributed by atoms with E-state index in [9.17, 15) is 9.90 Å². The highest BCUT2D eigenvalue weighted by molar-refractivity contribution is 5.76. The zero-order valence-corrected chi connectivity index (χ0v) is 11.0. The first-order valence-corrected chi connectivity index (χ1v) is 6.64. The highest BCUT2D eigenvalue weighted by atomic mass is 16.3. The maximum absolute atomic E-state index is 11.7. The molecule has 4 nitrogen and oxygen atoms in total. The Hall–Kier alpha value is -0.610. The summed E-state index contributed by atoms with van der Waals surface area (Å²) >= 11 is 0. The topological polar surface area (TPSA) is 75.4 Å². The van der Waals surface area contributed by atoms with Crippen LogP contribution in [0.3, 0.4) is 0 Å². The van der Waals surface area contributed by atoms with Crippen LogP contribution >= 0.6 is 0 Å². The van der Waals surface area contributed by atoms with E-state index in [1.165, 1.54) is 0 Å². The van der Waals surface area contributed by atoms with Crippen LogP contribution in [0.15, 0.2) is 0 Å². The zero-order chi connectivity index (χ0) is 12.9. The van der Waals surface area contributed by atoms with E-state index in [1.54, 1.807) is 0 Å². The Kier molecular flexibility index (Phi) is 5.40. The molecule has 4 heteroatoms. The molecule has 0 aliphatic heterocycles. The molecular formula is C13H26N2O2. The van der Waals surface area contributed by atoms with Gasteiger partial charge in [-0.2, -0.15) is 0 Å². The minimum atomic E-state index is -0.633. The van der Waals surface area contributed by atoms with Gasteiger partial charge in [-0.05, 0) is 44.1 Å². The van der Waals surface area contributed by atoms with E-state index in [1.807, 2.05) is 0 Å². The fraction of sp³-hybridized carbons (Fsp3) is 0.923. The molecule has 0 spiro atoms. The molecule has 1 rings (SSSR count). The Morgan fingerprint density at radius 1 is 1.47 bits per heavy atom. The molecule has 0 aromatic carbocycles. The van der Waals surface area contributed by atoms with Crippen LogP contribution in [0, 0.1) is 11.8 Å². The number of carbonyl (C=O) groups excluding carboxylic acids is 1. The summed E-state index contributed by atoms with van der Waals surface area (Å²) in [7, 11) is 0. The Balaban J connectivity index is 2.22. The van der Waals surface area contributed by atoms with Crippen molar-refractivity contribution in [3.05, 3.63) is 0 Å². The van der Waals surface area contributed by atoms with E-state index in [0.717, 1.165) is 25.7 Å². The molecule has 1 aliphatic carbocycles. The first-order chi connectivity index (χ1) is 7.95. The van der Waals surface area contributed by atoms with Crippen LogP contribution in [-0.2, 0) is 4.79 Å². The van der Waals surface area contributed by atoms with E-state index in [0.29, 0.717) is 25.4 Å². The molecule has 1 aliphatic rings. The number of amides is 1. The largest absolute Gasteiger partial charge is 0.388 e. The van der Waals surface area contributed by atoms with Gasteiger partial charge in [-0.1, -0.05) is 13.8 Å². The highest BCUT2D eigenvalue weighted by Crippen LogP contribution is 2.30. The molecule has 17 heavy (non-hydrogen) atoms. The van der Waals surface area contributed by atoms with Gasteiger partial charge in [0.25, 0.3) is 0 Å². The predicted octanol–water partition coefficient (Wildman–Crippen LogP) is 1.03. The molecule has 100 valence electrons. The summed E-state index contributed by atoms with van der Waals surface area (Å²) in [5.41, 5.74) is 5.03. The van der Waals surface area contributed by atoms with E-state index in [-0.39, 0.29) is 11.8 Å². The van der Waals surface area contributed by atoms with Gasteiger partial charge in [0.15, 0.2) is 0 Å². The van der Waals surface area contributed by atoms with Gasteiger partial charge in [-0.15, -0.1) is 0 Å². The predicted molar refractivity (Wildman–Crippen MR) is 68.4 cm³/mol. The minimum Gasteiger partial charge on any atom is -0.388 e. The van der Waals surface area contributed by atoms with Gasteiger partial charge in [0.1, 0.15) is 0 Å². The quantitative estimate of drug-likeness (QED) is 0.624. The van der Waals surface area contributed by atoms with Crippen LogP contribution in [0.5, 0.6) is 0 Å². The zero-order valence-electron chi connectivity index (χ0n) is 11.0. The Labute approximate surface area is 104 Å². The van der Waals surface area contributed by atoms with Crippen LogP contribution < -0.4 is 11.1 Å². The summed E-state index contributed by atoms with van der Waals surface area (Å²) in [5, 5.41) is 12.7. The van der Waals surface area contributed by atoms with Gasteiger partial charge < -0.3 is 16.2 Å². The number of carbonyl (C=O) groups is 1. The molecule has 0 heterocycles. The fourth-order valence-corrected chi connectivity index (χ4v) is 2.29. The normalized spacial score (nSPS) is 19.8. The molecule has 0 unspecified atom stereocenters. The van der Waals surface area contributed by atoms with E-state index < -0.39 is 5.60 Å². The van der Waals surface area contributed by atoms with Gasteiger partial charge >= 0.3 is 0 Å². The number of hydrogen-bond acceptors (Lipinski definition) is 3. The molecule has 0 aromatic rings. The number of rotatable bonds is 7. The maximum Gasteiger partial charge on any atom is 0.220 e. The lowest BCUT2D eigenvalue weighted by Gasteiger charge is -2.36. The minimum absolute atomic E-state index is 0.0152.